The SMILES string of the molecule is C=CCc1cc(/C=C2\C(=O)NC(=O)N(c3ccccc3Cl)C2=O)cc(OCC)c1OCc1ccc(C)cc1. The van der Waals surface area contributed by atoms with Crippen molar-refractivity contribution in [2.24, 2.45) is 0 Å². The molecule has 0 saturated carbocycles. The molecule has 0 radical (unpaired) electrons. The molecule has 1 aliphatic heterocycles. The van der Waals surface area contributed by atoms with E-state index in [1.807, 2.05) is 38.1 Å². The molecule has 1 heterocycles. The van der Waals surface area contributed by atoms with Crippen LogP contribution < -0.4 is 19.7 Å². The largest absolute Gasteiger partial charge is 0.490 e. The van der Waals surface area contributed by atoms with Gasteiger partial charge in [-0.2, -0.15) is 0 Å². The normalized spacial score (nSPS) is 14.4. The van der Waals surface area contributed by atoms with Crippen molar-refractivity contribution in [2.75, 3.05) is 11.5 Å². The number of carbonyl (C=O) groups is 3. The van der Waals surface area contributed by atoms with Gasteiger partial charge in [-0.05, 0) is 61.7 Å². The number of barbiturate groups is 1. The summed E-state index contributed by atoms with van der Waals surface area (Å²) in [6.07, 6.45) is 3.62. The maximum Gasteiger partial charge on any atom is 0.335 e. The standard InChI is InChI=1S/C30H27ClN2O5/c1-4-8-22-15-21(17-26(37-5-2)27(22)38-18-20-13-11-19(3)12-14-20)16-23-28(34)32-30(36)33(29(23)35)25-10-7-6-9-24(25)31/h4,6-7,9-17H,1,5,8,18H2,2-3H3,(H,32,34,36)/b23-16+. The summed E-state index contributed by atoms with van der Waals surface area (Å²) >= 11 is 6.22. The minimum Gasteiger partial charge on any atom is -0.490 e. The third kappa shape index (κ3) is 5.79. The van der Waals surface area contributed by atoms with E-state index in [1.165, 1.54) is 12.1 Å². The Bertz CT molecular complexity index is 1430. The van der Waals surface area contributed by atoms with Crippen molar-refractivity contribution in [2.45, 2.75) is 26.9 Å². The molecule has 3 aromatic rings. The summed E-state index contributed by atoms with van der Waals surface area (Å²) in [6.45, 7) is 8.43. The molecule has 1 fully saturated rings. The Morgan fingerprint density at radius 2 is 1.76 bits per heavy atom. The Hall–Kier alpha value is -4.36. The molecular weight excluding hydrogens is 504 g/mol. The average Bonchev–Trinajstić information content (AvgIpc) is 2.88. The smallest absolute Gasteiger partial charge is 0.335 e. The molecule has 4 amide bonds. The molecule has 0 bridgehead atoms. The van der Waals surface area contributed by atoms with Gasteiger partial charge in [0.15, 0.2) is 11.5 Å². The molecule has 0 spiro atoms. The van der Waals surface area contributed by atoms with Gasteiger partial charge in [0.2, 0.25) is 0 Å². The number of urea groups is 1. The Kier molecular flexibility index (Phi) is 8.28. The number of amides is 4. The number of hydrogen-bond donors (Lipinski definition) is 1. The van der Waals surface area contributed by atoms with Gasteiger partial charge in [0.1, 0.15) is 12.2 Å². The average molecular weight is 531 g/mol. The van der Waals surface area contributed by atoms with Crippen molar-refractivity contribution in [3.63, 3.8) is 0 Å². The van der Waals surface area contributed by atoms with Crippen LogP contribution >= 0.6 is 11.6 Å². The van der Waals surface area contributed by atoms with Crippen LogP contribution in [0, 0.1) is 6.92 Å². The summed E-state index contributed by atoms with van der Waals surface area (Å²) in [6, 6.07) is 17.1. The number of allylic oxidation sites excluding steroid dienone is 1. The predicted octanol–water partition coefficient (Wildman–Crippen LogP) is 6.02. The van der Waals surface area contributed by atoms with E-state index in [2.05, 4.69) is 11.9 Å². The Morgan fingerprint density at radius 3 is 2.45 bits per heavy atom. The molecule has 0 aromatic heterocycles. The molecule has 3 aromatic carbocycles. The van der Waals surface area contributed by atoms with Crippen molar-refractivity contribution in [3.05, 3.63) is 106 Å². The fourth-order valence-corrected chi connectivity index (χ4v) is 4.24. The molecule has 194 valence electrons. The molecule has 0 aliphatic carbocycles. The lowest BCUT2D eigenvalue weighted by Crippen LogP contribution is -2.54. The van der Waals surface area contributed by atoms with Gasteiger partial charge in [-0.15, -0.1) is 6.58 Å². The fraction of sp³-hybridized carbons (Fsp3) is 0.167. The van der Waals surface area contributed by atoms with Crippen LogP contribution in [0.3, 0.4) is 0 Å². The second-order valence-corrected chi connectivity index (χ2v) is 9.02. The zero-order chi connectivity index (χ0) is 27.2. The Balaban J connectivity index is 1.72. The Labute approximate surface area is 226 Å². The van der Waals surface area contributed by atoms with E-state index in [4.69, 9.17) is 21.1 Å². The van der Waals surface area contributed by atoms with Gasteiger partial charge < -0.3 is 9.47 Å². The lowest BCUT2D eigenvalue weighted by molar-refractivity contribution is -0.122. The zero-order valence-electron chi connectivity index (χ0n) is 21.1. The van der Waals surface area contributed by atoms with Gasteiger partial charge in [-0.1, -0.05) is 59.6 Å². The number of para-hydroxylation sites is 1. The first-order valence-corrected chi connectivity index (χ1v) is 12.4. The summed E-state index contributed by atoms with van der Waals surface area (Å²) in [7, 11) is 0. The monoisotopic (exact) mass is 530 g/mol. The maximum atomic E-state index is 13.3. The summed E-state index contributed by atoms with van der Waals surface area (Å²) < 4.78 is 12.1. The van der Waals surface area contributed by atoms with E-state index in [0.29, 0.717) is 36.7 Å². The van der Waals surface area contributed by atoms with Crippen LogP contribution in [-0.4, -0.2) is 24.5 Å². The van der Waals surface area contributed by atoms with Crippen LogP contribution in [-0.2, 0) is 22.6 Å². The predicted molar refractivity (Wildman–Crippen MR) is 147 cm³/mol. The molecule has 1 saturated heterocycles. The van der Waals surface area contributed by atoms with E-state index in [0.717, 1.165) is 21.6 Å². The van der Waals surface area contributed by atoms with E-state index in [-0.39, 0.29) is 16.3 Å². The maximum absolute atomic E-state index is 13.3. The topological polar surface area (TPSA) is 84.9 Å². The number of ether oxygens (including phenoxy) is 2. The van der Waals surface area contributed by atoms with Crippen LogP contribution in [0.15, 0.2) is 78.9 Å². The number of rotatable bonds is 9. The second kappa shape index (κ2) is 11.8. The van der Waals surface area contributed by atoms with Crippen LogP contribution in [0.1, 0.15) is 29.2 Å². The molecule has 7 nitrogen and oxygen atoms in total. The first-order chi connectivity index (χ1) is 18.3. The first kappa shape index (κ1) is 26.7. The minimum absolute atomic E-state index is 0.178. The number of halogens is 1. The van der Waals surface area contributed by atoms with E-state index >= 15 is 0 Å². The number of benzene rings is 3. The highest BCUT2D eigenvalue weighted by atomic mass is 35.5. The summed E-state index contributed by atoms with van der Waals surface area (Å²) in [5.41, 5.74) is 3.42. The van der Waals surface area contributed by atoms with E-state index in [9.17, 15) is 14.4 Å². The van der Waals surface area contributed by atoms with Crippen LogP contribution in [0.25, 0.3) is 6.08 Å². The summed E-state index contributed by atoms with van der Waals surface area (Å²) in [4.78, 5) is 39.4. The fourth-order valence-electron chi connectivity index (χ4n) is 4.02. The van der Waals surface area contributed by atoms with Crippen molar-refractivity contribution in [3.8, 4) is 11.5 Å². The van der Waals surface area contributed by atoms with E-state index < -0.39 is 17.8 Å². The third-order valence-corrected chi connectivity index (χ3v) is 6.15. The van der Waals surface area contributed by atoms with Crippen molar-refractivity contribution in [1.82, 2.24) is 5.32 Å². The zero-order valence-corrected chi connectivity index (χ0v) is 21.9. The van der Waals surface area contributed by atoms with Crippen molar-refractivity contribution >= 4 is 41.2 Å². The van der Waals surface area contributed by atoms with Gasteiger partial charge in [0.25, 0.3) is 11.8 Å². The quantitative estimate of drug-likeness (QED) is 0.208. The summed E-state index contributed by atoms with van der Waals surface area (Å²) in [5.74, 6) is -0.559. The van der Waals surface area contributed by atoms with Crippen LogP contribution in [0.2, 0.25) is 5.02 Å². The third-order valence-electron chi connectivity index (χ3n) is 5.83. The van der Waals surface area contributed by atoms with Gasteiger partial charge in [-0.3, -0.25) is 14.9 Å². The molecule has 0 unspecified atom stereocenters. The number of carbonyl (C=O) groups excluding carboxylic acids is 3. The van der Waals surface area contributed by atoms with Crippen molar-refractivity contribution < 1.29 is 23.9 Å². The molecule has 8 heteroatoms. The number of imide groups is 2. The van der Waals surface area contributed by atoms with E-state index in [1.54, 1.807) is 36.4 Å². The minimum atomic E-state index is -0.868. The molecule has 1 aliphatic rings. The highest BCUT2D eigenvalue weighted by molar-refractivity contribution is 6.42. The highest BCUT2D eigenvalue weighted by Crippen LogP contribution is 2.36. The van der Waals surface area contributed by atoms with Crippen molar-refractivity contribution in [1.29, 1.82) is 0 Å². The second-order valence-electron chi connectivity index (χ2n) is 8.62. The first-order valence-electron chi connectivity index (χ1n) is 12.1. The number of nitrogens with one attached hydrogen (secondary N) is 1. The Morgan fingerprint density at radius 1 is 1.03 bits per heavy atom. The lowest BCUT2D eigenvalue weighted by atomic mass is 10.0. The number of hydrogen-bond acceptors (Lipinski definition) is 5. The number of aryl methyl sites for hydroxylation is 1. The molecule has 4 rings (SSSR count). The van der Waals surface area contributed by atoms with Crippen LogP contribution in [0.4, 0.5) is 10.5 Å². The number of anilines is 1. The van der Waals surface area contributed by atoms with Gasteiger partial charge >= 0.3 is 6.03 Å². The highest BCUT2D eigenvalue weighted by Gasteiger charge is 2.37. The molecule has 38 heavy (non-hydrogen) atoms. The summed E-state index contributed by atoms with van der Waals surface area (Å²) in [5, 5.41) is 2.42. The lowest BCUT2D eigenvalue weighted by Gasteiger charge is -2.27. The van der Waals surface area contributed by atoms with Crippen LogP contribution in [0.5, 0.6) is 11.5 Å². The number of nitrogens with zero attached hydrogens (tertiary/aromatic N) is 1. The molecule has 1 N–H and O–H groups in total. The van der Waals surface area contributed by atoms with Gasteiger partial charge in [0.05, 0.1) is 17.3 Å². The van der Waals surface area contributed by atoms with Gasteiger partial charge in [-0.25, -0.2) is 9.69 Å². The van der Waals surface area contributed by atoms with Gasteiger partial charge in [0, 0.05) is 5.56 Å². The molecule has 0 atom stereocenters. The molecular formula is C30H27ClN2O5.